The summed E-state index contributed by atoms with van der Waals surface area (Å²) in [6, 6.07) is 35.3. The van der Waals surface area contributed by atoms with Gasteiger partial charge in [0.2, 0.25) is 5.91 Å². The highest BCUT2D eigenvalue weighted by Crippen LogP contribution is 2.42. The number of halogens is 1. The fourth-order valence-electron chi connectivity index (χ4n) is 6.94. The van der Waals surface area contributed by atoms with Gasteiger partial charge in [-0.2, -0.15) is 0 Å². The second-order valence-corrected chi connectivity index (χ2v) is 14.2. The molecule has 1 aromatic heterocycles. The zero-order valence-electron chi connectivity index (χ0n) is 26.5. The molecule has 5 aromatic rings. The predicted molar refractivity (Wildman–Crippen MR) is 192 cm³/mol. The molecule has 0 fully saturated rings. The number of carbonyl (C=O) groups excluding carboxylic acids is 2. The summed E-state index contributed by atoms with van der Waals surface area (Å²) in [5.41, 5.74) is 5.03. The monoisotopic (exact) mass is 721 g/mol. The number of nitrogens with one attached hydrogen (secondary N) is 1. The van der Waals surface area contributed by atoms with Crippen molar-refractivity contribution in [3.8, 4) is 0 Å². The summed E-state index contributed by atoms with van der Waals surface area (Å²) in [6.45, 7) is 1.48. The van der Waals surface area contributed by atoms with Crippen molar-refractivity contribution in [1.29, 1.82) is 0 Å². The first-order chi connectivity index (χ1) is 23.3. The summed E-state index contributed by atoms with van der Waals surface area (Å²) in [6.07, 6.45) is 5.18. The van der Waals surface area contributed by atoms with E-state index in [-0.39, 0.29) is 29.1 Å². The first kappa shape index (κ1) is 33.4. The molecule has 6 rings (SSSR count). The third kappa shape index (κ3) is 6.89. The van der Waals surface area contributed by atoms with E-state index in [0.717, 1.165) is 51.3 Å². The maximum atomic E-state index is 13.9. The summed E-state index contributed by atoms with van der Waals surface area (Å²) in [4.78, 5) is 43.2. The van der Waals surface area contributed by atoms with E-state index >= 15 is 0 Å². The molecule has 1 heterocycles. The Balaban J connectivity index is 1.32. The van der Waals surface area contributed by atoms with Crippen molar-refractivity contribution in [3.63, 3.8) is 0 Å². The summed E-state index contributed by atoms with van der Waals surface area (Å²) in [5.74, 6) is -1.93. The highest BCUT2D eigenvalue weighted by molar-refractivity contribution is 9.10. The normalized spacial score (nSPS) is 15.3. The summed E-state index contributed by atoms with van der Waals surface area (Å²) < 4.78 is 3.00. The molecular weight excluding hydrogens is 686 g/mol. The molecule has 1 aliphatic carbocycles. The maximum Gasteiger partial charge on any atom is 0.326 e. The van der Waals surface area contributed by atoms with Gasteiger partial charge in [-0.25, -0.2) is 9.78 Å². The fraction of sp³-hybridized carbons (Fsp3) is 0.231. The molecule has 244 valence electrons. The minimum atomic E-state index is -1.21. The molecule has 2 N–H and O–H groups in total. The van der Waals surface area contributed by atoms with Crippen LogP contribution in [0.25, 0.3) is 0 Å². The molecule has 4 aromatic carbocycles. The topological polar surface area (TPSA) is 101 Å². The molecule has 48 heavy (non-hydrogen) atoms. The zero-order valence-corrected chi connectivity index (χ0v) is 28.9. The van der Waals surface area contributed by atoms with Crippen molar-refractivity contribution in [2.75, 3.05) is 5.75 Å². The van der Waals surface area contributed by atoms with Gasteiger partial charge in [-0.3, -0.25) is 9.59 Å². The number of aromatic nitrogens is 2. The number of amides is 1. The lowest BCUT2D eigenvalue weighted by Gasteiger charge is -2.37. The Bertz CT molecular complexity index is 1800. The van der Waals surface area contributed by atoms with E-state index in [4.69, 9.17) is 4.98 Å². The van der Waals surface area contributed by atoms with Crippen LogP contribution in [0.1, 0.15) is 52.8 Å². The number of aliphatic carboxylic acids is 1. The van der Waals surface area contributed by atoms with Gasteiger partial charge in [0, 0.05) is 29.8 Å². The number of rotatable bonds is 12. The molecule has 0 saturated heterocycles. The van der Waals surface area contributed by atoms with Crippen LogP contribution in [0.5, 0.6) is 0 Å². The first-order valence-corrected chi connectivity index (χ1v) is 17.7. The first-order valence-electron chi connectivity index (χ1n) is 15.9. The Kier molecular flexibility index (Phi) is 10.3. The number of carboxylic acids is 1. The minimum Gasteiger partial charge on any atom is -0.480 e. The van der Waals surface area contributed by atoms with Crippen LogP contribution < -0.4 is 5.32 Å². The number of imidazole rings is 1. The Morgan fingerprint density at radius 2 is 1.52 bits per heavy atom. The van der Waals surface area contributed by atoms with E-state index < -0.39 is 23.5 Å². The van der Waals surface area contributed by atoms with Gasteiger partial charge < -0.3 is 15.0 Å². The van der Waals surface area contributed by atoms with Crippen LogP contribution in [0.4, 0.5) is 0 Å². The third-order valence-electron chi connectivity index (χ3n) is 9.14. The van der Waals surface area contributed by atoms with Crippen molar-refractivity contribution in [2.45, 2.75) is 43.7 Å². The van der Waals surface area contributed by atoms with Crippen LogP contribution in [-0.4, -0.2) is 43.4 Å². The number of fused-ring (bicyclic) bond motifs is 1. The fourth-order valence-corrected chi connectivity index (χ4v) is 8.15. The molecule has 1 amide bonds. The number of carboxylic acid groups (broad SMARTS) is 1. The SMILES string of the molecule is CC(=O)SCC(C(=O)NC(Cc1cn(C(c2ccccc2)(c2ccccc2)c2ccccc2)cn1)C(=O)O)C1CCc2cc(Br)ccc21. The predicted octanol–water partition coefficient (Wildman–Crippen LogP) is 7.22. The van der Waals surface area contributed by atoms with Crippen molar-refractivity contribution < 1.29 is 19.5 Å². The lowest BCUT2D eigenvalue weighted by atomic mass is 9.77. The standard InChI is InChI=1S/C39H36BrN3O4S/c1-26(44)48-24-35(34-19-17-27-21-31(40)18-20-33(27)34)37(45)42-36(38(46)47)22-32-23-43(25-41-32)39(28-11-5-2-6-12-28,29-13-7-3-8-14-29)30-15-9-4-10-16-30/h2-16,18,20-21,23,25,34-36H,17,19,22,24H2,1H3,(H,42,45)(H,46,47). The van der Waals surface area contributed by atoms with Gasteiger partial charge >= 0.3 is 5.97 Å². The number of aryl methyl sites for hydroxylation is 1. The number of hydrogen-bond donors (Lipinski definition) is 2. The second-order valence-electron chi connectivity index (χ2n) is 12.1. The van der Waals surface area contributed by atoms with Crippen LogP contribution in [0, 0.1) is 5.92 Å². The zero-order chi connectivity index (χ0) is 33.7. The van der Waals surface area contributed by atoms with Gasteiger partial charge in [0.05, 0.1) is 17.9 Å². The molecule has 0 saturated carbocycles. The smallest absolute Gasteiger partial charge is 0.326 e. The quantitative estimate of drug-likeness (QED) is 0.132. The van der Waals surface area contributed by atoms with Crippen LogP contribution in [0.15, 0.2) is 126 Å². The van der Waals surface area contributed by atoms with E-state index in [1.54, 1.807) is 6.33 Å². The van der Waals surface area contributed by atoms with Gasteiger partial charge in [0.15, 0.2) is 5.12 Å². The van der Waals surface area contributed by atoms with E-state index in [0.29, 0.717) is 5.69 Å². The van der Waals surface area contributed by atoms with E-state index in [1.807, 2.05) is 77.5 Å². The van der Waals surface area contributed by atoms with Crippen LogP contribution in [0.3, 0.4) is 0 Å². The van der Waals surface area contributed by atoms with Gasteiger partial charge in [-0.15, -0.1) is 0 Å². The molecule has 3 unspecified atom stereocenters. The molecule has 9 heteroatoms. The number of thioether (sulfide) groups is 1. The van der Waals surface area contributed by atoms with Crippen LogP contribution >= 0.6 is 27.7 Å². The second kappa shape index (κ2) is 14.7. The minimum absolute atomic E-state index is 0.0106. The lowest BCUT2D eigenvalue weighted by molar-refractivity contribution is -0.142. The van der Waals surface area contributed by atoms with Gasteiger partial charge in [0.25, 0.3) is 0 Å². The van der Waals surface area contributed by atoms with Gasteiger partial charge in [-0.05, 0) is 58.7 Å². The molecule has 1 aliphatic rings. The summed E-state index contributed by atoms with van der Waals surface area (Å²) in [7, 11) is 0. The molecule has 0 spiro atoms. The highest BCUT2D eigenvalue weighted by Gasteiger charge is 2.39. The van der Waals surface area contributed by atoms with Gasteiger partial charge in [-0.1, -0.05) is 125 Å². The van der Waals surface area contributed by atoms with Crippen molar-refractivity contribution in [1.82, 2.24) is 14.9 Å². The Morgan fingerprint density at radius 3 is 2.06 bits per heavy atom. The maximum absolute atomic E-state index is 13.9. The van der Waals surface area contributed by atoms with E-state index in [2.05, 4.69) is 63.7 Å². The van der Waals surface area contributed by atoms with Crippen LogP contribution in [0.2, 0.25) is 0 Å². The highest BCUT2D eigenvalue weighted by atomic mass is 79.9. The van der Waals surface area contributed by atoms with Crippen LogP contribution in [-0.2, 0) is 32.8 Å². The summed E-state index contributed by atoms with van der Waals surface area (Å²) >= 11 is 4.63. The molecule has 3 atom stereocenters. The van der Waals surface area contributed by atoms with Crippen molar-refractivity contribution >= 4 is 44.7 Å². The molecule has 0 radical (unpaired) electrons. The Labute approximate surface area is 292 Å². The average molecular weight is 723 g/mol. The lowest BCUT2D eigenvalue weighted by Crippen LogP contribution is -2.46. The molecule has 0 bridgehead atoms. The Morgan fingerprint density at radius 1 is 0.938 bits per heavy atom. The van der Waals surface area contributed by atoms with Gasteiger partial charge in [0.1, 0.15) is 11.6 Å². The van der Waals surface area contributed by atoms with Crippen molar-refractivity contribution in [2.24, 2.45) is 5.92 Å². The number of benzene rings is 4. The Hall–Kier alpha value is -4.47. The van der Waals surface area contributed by atoms with E-state index in [9.17, 15) is 19.5 Å². The number of hydrogen-bond acceptors (Lipinski definition) is 5. The average Bonchev–Trinajstić information content (AvgIpc) is 3.73. The molecular formula is C39H36BrN3O4S. The molecule has 0 aliphatic heterocycles. The van der Waals surface area contributed by atoms with E-state index in [1.165, 1.54) is 12.5 Å². The largest absolute Gasteiger partial charge is 0.480 e. The number of nitrogens with zero attached hydrogens (tertiary/aromatic N) is 2. The number of carbonyl (C=O) groups is 3. The van der Waals surface area contributed by atoms with Crippen molar-refractivity contribution in [3.05, 3.63) is 160 Å². The third-order valence-corrected chi connectivity index (χ3v) is 10.6. The molecule has 7 nitrogen and oxygen atoms in total. The summed E-state index contributed by atoms with van der Waals surface area (Å²) in [5, 5.41) is 13.1.